The maximum Gasteiger partial charge on any atom is 0.324 e. The van der Waals surface area contributed by atoms with E-state index in [-0.39, 0.29) is 5.97 Å². The Bertz CT molecular complexity index is 734. The van der Waals surface area contributed by atoms with Crippen molar-refractivity contribution in [3.8, 4) is 0 Å². The van der Waals surface area contributed by atoms with Crippen LogP contribution in [0, 0.1) is 0 Å². The molecule has 3 aromatic rings. The van der Waals surface area contributed by atoms with Crippen LogP contribution in [0.5, 0.6) is 0 Å². The van der Waals surface area contributed by atoms with E-state index in [1.165, 1.54) is 0 Å². The highest BCUT2D eigenvalue weighted by Crippen LogP contribution is 2.26. The Morgan fingerprint density at radius 2 is 1.68 bits per heavy atom. The minimum atomic E-state index is -0.460. The summed E-state index contributed by atoms with van der Waals surface area (Å²) in [6, 6.07) is 19.1. The van der Waals surface area contributed by atoms with Crippen LogP contribution in [0.3, 0.4) is 0 Å². The Labute approximate surface area is 147 Å². The van der Waals surface area contributed by atoms with Gasteiger partial charge >= 0.3 is 5.97 Å². The SMILES string of the molecule is CN[C@@H](Cc1c[nH]cn1)C(=O)OC(c1ccccc1)c1ccccc1. The number of aromatic amines is 1. The van der Waals surface area contributed by atoms with Crippen molar-refractivity contribution in [1.82, 2.24) is 15.3 Å². The number of H-pyrrole nitrogens is 1. The van der Waals surface area contributed by atoms with Crippen LogP contribution < -0.4 is 5.32 Å². The second-order valence-corrected chi connectivity index (χ2v) is 5.74. The van der Waals surface area contributed by atoms with Gasteiger partial charge in [-0.3, -0.25) is 4.79 Å². The number of carbonyl (C=O) groups is 1. The van der Waals surface area contributed by atoms with Gasteiger partial charge in [0, 0.05) is 12.6 Å². The van der Waals surface area contributed by atoms with Crippen molar-refractivity contribution in [3.63, 3.8) is 0 Å². The fraction of sp³-hybridized carbons (Fsp3) is 0.200. The van der Waals surface area contributed by atoms with E-state index in [4.69, 9.17) is 4.74 Å². The molecule has 0 aliphatic rings. The number of benzene rings is 2. The average molecular weight is 335 g/mol. The summed E-state index contributed by atoms with van der Waals surface area (Å²) in [5.41, 5.74) is 2.70. The van der Waals surface area contributed by atoms with Crippen LogP contribution >= 0.6 is 0 Å². The Morgan fingerprint density at radius 3 is 2.16 bits per heavy atom. The number of ether oxygens (including phenoxy) is 1. The highest BCUT2D eigenvalue weighted by atomic mass is 16.5. The Balaban J connectivity index is 1.80. The molecule has 5 heteroatoms. The molecule has 0 aliphatic carbocycles. The topological polar surface area (TPSA) is 67.0 Å². The van der Waals surface area contributed by atoms with Gasteiger partial charge in [0.25, 0.3) is 0 Å². The number of hydrogen-bond acceptors (Lipinski definition) is 4. The Kier molecular flexibility index (Phi) is 5.59. The summed E-state index contributed by atoms with van der Waals surface area (Å²) < 4.78 is 5.89. The van der Waals surface area contributed by atoms with Gasteiger partial charge < -0.3 is 15.0 Å². The van der Waals surface area contributed by atoms with E-state index in [0.29, 0.717) is 6.42 Å². The molecule has 0 aliphatic heterocycles. The maximum absolute atomic E-state index is 12.7. The molecule has 1 heterocycles. The lowest BCUT2D eigenvalue weighted by Crippen LogP contribution is -2.38. The normalized spacial score (nSPS) is 12.1. The Hall–Kier alpha value is -2.92. The zero-order valence-electron chi connectivity index (χ0n) is 14.1. The molecule has 0 saturated carbocycles. The number of esters is 1. The molecule has 128 valence electrons. The first-order chi connectivity index (χ1) is 12.3. The summed E-state index contributed by atoms with van der Waals surface area (Å²) in [5, 5.41) is 3.02. The predicted octanol–water partition coefficient (Wildman–Crippen LogP) is 2.87. The van der Waals surface area contributed by atoms with E-state index < -0.39 is 12.1 Å². The third kappa shape index (κ3) is 4.33. The van der Waals surface area contributed by atoms with Crippen LogP contribution in [0.15, 0.2) is 73.2 Å². The molecule has 0 fully saturated rings. The summed E-state index contributed by atoms with van der Waals surface area (Å²) in [4.78, 5) is 19.8. The fourth-order valence-corrected chi connectivity index (χ4v) is 2.70. The number of hydrogen-bond donors (Lipinski definition) is 2. The number of aromatic nitrogens is 2. The zero-order chi connectivity index (χ0) is 17.5. The number of rotatable bonds is 7. The van der Waals surface area contributed by atoms with E-state index in [1.807, 2.05) is 60.7 Å². The standard InChI is InChI=1S/C20H21N3O2/c1-21-18(12-17-13-22-14-23-17)20(24)25-19(15-8-4-2-5-9-15)16-10-6-3-7-11-16/h2-11,13-14,18-19,21H,12H2,1H3,(H,22,23)/t18-/m0/s1. The molecule has 0 spiro atoms. The van der Waals surface area contributed by atoms with Gasteiger partial charge in [-0.2, -0.15) is 0 Å². The Morgan fingerprint density at radius 1 is 1.08 bits per heavy atom. The van der Waals surface area contributed by atoms with Crippen molar-refractivity contribution >= 4 is 5.97 Å². The highest BCUT2D eigenvalue weighted by molar-refractivity contribution is 5.76. The first-order valence-electron chi connectivity index (χ1n) is 8.23. The van der Waals surface area contributed by atoms with E-state index in [1.54, 1.807) is 19.6 Å². The molecule has 1 aromatic heterocycles. The first kappa shape index (κ1) is 16.9. The monoisotopic (exact) mass is 335 g/mol. The molecular weight excluding hydrogens is 314 g/mol. The first-order valence-corrected chi connectivity index (χ1v) is 8.23. The molecule has 0 saturated heterocycles. The lowest BCUT2D eigenvalue weighted by Gasteiger charge is -2.22. The lowest BCUT2D eigenvalue weighted by atomic mass is 10.0. The molecule has 0 amide bonds. The van der Waals surface area contributed by atoms with E-state index in [9.17, 15) is 4.79 Å². The van der Waals surface area contributed by atoms with Gasteiger partial charge in [-0.15, -0.1) is 0 Å². The lowest BCUT2D eigenvalue weighted by molar-refractivity contribution is -0.150. The predicted molar refractivity (Wildman–Crippen MR) is 96.0 cm³/mol. The van der Waals surface area contributed by atoms with Gasteiger partial charge in [-0.25, -0.2) is 4.98 Å². The minimum Gasteiger partial charge on any atom is -0.451 e. The average Bonchev–Trinajstić information content (AvgIpc) is 3.18. The number of carbonyl (C=O) groups excluding carboxylic acids is 1. The molecule has 0 unspecified atom stereocenters. The molecule has 0 bridgehead atoms. The zero-order valence-corrected chi connectivity index (χ0v) is 14.1. The van der Waals surface area contributed by atoms with Gasteiger partial charge in [0.15, 0.2) is 6.10 Å². The van der Waals surface area contributed by atoms with Crippen LogP contribution in [0.25, 0.3) is 0 Å². The van der Waals surface area contributed by atoms with E-state index >= 15 is 0 Å². The second kappa shape index (κ2) is 8.26. The third-order valence-corrected chi connectivity index (χ3v) is 4.04. The summed E-state index contributed by atoms with van der Waals surface area (Å²) in [6.45, 7) is 0. The third-order valence-electron chi connectivity index (χ3n) is 4.04. The van der Waals surface area contributed by atoms with Crippen molar-refractivity contribution in [3.05, 3.63) is 90.0 Å². The van der Waals surface area contributed by atoms with Crippen molar-refractivity contribution < 1.29 is 9.53 Å². The van der Waals surface area contributed by atoms with Gasteiger partial charge in [0.05, 0.1) is 12.0 Å². The molecule has 0 radical (unpaired) electrons. The number of nitrogens with zero attached hydrogens (tertiary/aromatic N) is 1. The fourth-order valence-electron chi connectivity index (χ4n) is 2.70. The second-order valence-electron chi connectivity index (χ2n) is 5.74. The van der Waals surface area contributed by atoms with Crippen LogP contribution in [0.4, 0.5) is 0 Å². The molecule has 25 heavy (non-hydrogen) atoms. The largest absolute Gasteiger partial charge is 0.451 e. The molecule has 2 aromatic carbocycles. The van der Waals surface area contributed by atoms with Crippen molar-refractivity contribution in [2.45, 2.75) is 18.6 Å². The summed E-state index contributed by atoms with van der Waals surface area (Å²) in [6.07, 6.45) is 3.41. The van der Waals surface area contributed by atoms with Gasteiger partial charge in [0.2, 0.25) is 0 Å². The molecular formula is C20H21N3O2. The number of imidazole rings is 1. The quantitative estimate of drug-likeness (QED) is 0.652. The number of likely N-dealkylation sites (N-methyl/N-ethyl adjacent to an activating group) is 1. The molecule has 3 rings (SSSR count). The number of nitrogens with one attached hydrogen (secondary N) is 2. The highest BCUT2D eigenvalue weighted by Gasteiger charge is 2.25. The van der Waals surface area contributed by atoms with Crippen LogP contribution in [0.2, 0.25) is 0 Å². The van der Waals surface area contributed by atoms with E-state index in [2.05, 4.69) is 15.3 Å². The smallest absolute Gasteiger partial charge is 0.324 e. The summed E-state index contributed by atoms with van der Waals surface area (Å²) >= 11 is 0. The minimum absolute atomic E-state index is 0.303. The summed E-state index contributed by atoms with van der Waals surface area (Å²) in [7, 11) is 1.75. The van der Waals surface area contributed by atoms with Crippen molar-refractivity contribution in [1.29, 1.82) is 0 Å². The molecule has 1 atom stereocenters. The van der Waals surface area contributed by atoms with Gasteiger partial charge in [0.1, 0.15) is 6.04 Å². The van der Waals surface area contributed by atoms with Gasteiger partial charge in [-0.1, -0.05) is 60.7 Å². The molecule has 2 N–H and O–H groups in total. The van der Waals surface area contributed by atoms with E-state index in [0.717, 1.165) is 16.8 Å². The van der Waals surface area contributed by atoms with Crippen LogP contribution in [-0.2, 0) is 16.0 Å². The van der Waals surface area contributed by atoms with Crippen LogP contribution in [-0.4, -0.2) is 29.0 Å². The summed E-state index contributed by atoms with van der Waals surface area (Å²) in [5.74, 6) is -0.303. The van der Waals surface area contributed by atoms with Gasteiger partial charge in [-0.05, 0) is 18.2 Å². The van der Waals surface area contributed by atoms with Crippen molar-refractivity contribution in [2.24, 2.45) is 0 Å². The maximum atomic E-state index is 12.7. The molecule has 5 nitrogen and oxygen atoms in total. The van der Waals surface area contributed by atoms with Crippen molar-refractivity contribution in [2.75, 3.05) is 7.05 Å². The van der Waals surface area contributed by atoms with Crippen LogP contribution in [0.1, 0.15) is 22.9 Å².